The van der Waals surface area contributed by atoms with Crippen LogP contribution in [0.3, 0.4) is 0 Å². The van der Waals surface area contributed by atoms with Crippen molar-refractivity contribution >= 4 is 23.4 Å². The molecule has 1 atom stereocenters. The topological polar surface area (TPSA) is 126 Å². The van der Waals surface area contributed by atoms with Crippen molar-refractivity contribution in [1.82, 2.24) is 15.2 Å². The van der Waals surface area contributed by atoms with Crippen LogP contribution < -0.4 is 16.4 Å². The molecular formula is C21H26F2N6O3. The molecule has 172 valence electrons. The molecule has 5 N–H and O–H groups in total. The molecule has 1 aromatic heterocycles. The molecule has 0 saturated carbocycles. The van der Waals surface area contributed by atoms with Crippen molar-refractivity contribution in [3.8, 4) is 0 Å². The fraction of sp³-hybridized carbons (Fsp3) is 0.381. The third-order valence-corrected chi connectivity index (χ3v) is 4.83. The first kappa shape index (κ1) is 23.4. The van der Waals surface area contributed by atoms with E-state index in [2.05, 4.69) is 25.3 Å². The van der Waals surface area contributed by atoms with E-state index in [9.17, 15) is 13.6 Å². The zero-order valence-electron chi connectivity index (χ0n) is 17.4. The summed E-state index contributed by atoms with van der Waals surface area (Å²) in [6.45, 7) is 2.58. The first-order chi connectivity index (χ1) is 15.4. The van der Waals surface area contributed by atoms with E-state index in [0.29, 0.717) is 19.8 Å². The number of rotatable bonds is 8. The maximum absolute atomic E-state index is 12.6. The van der Waals surface area contributed by atoms with Gasteiger partial charge < -0.3 is 20.5 Å². The van der Waals surface area contributed by atoms with Crippen LogP contribution in [0.5, 0.6) is 0 Å². The molecule has 0 spiro atoms. The van der Waals surface area contributed by atoms with E-state index in [0.717, 1.165) is 18.7 Å². The number of carbonyl (C=O) groups is 1. The number of nitrogens with one attached hydrogen (secondary N) is 3. The van der Waals surface area contributed by atoms with Gasteiger partial charge in [0.05, 0.1) is 24.8 Å². The van der Waals surface area contributed by atoms with Gasteiger partial charge in [-0.1, -0.05) is 30.3 Å². The smallest absolute Gasteiger partial charge is 0.320 e. The number of pyridine rings is 1. The highest BCUT2D eigenvalue weighted by Gasteiger charge is 2.20. The fourth-order valence-corrected chi connectivity index (χ4v) is 3.23. The van der Waals surface area contributed by atoms with E-state index in [1.54, 1.807) is 0 Å². The molecule has 0 bridgehead atoms. The summed E-state index contributed by atoms with van der Waals surface area (Å²) in [6, 6.07) is 10.2. The number of urea groups is 1. The number of hydrogen-bond acceptors (Lipinski definition) is 7. The van der Waals surface area contributed by atoms with Crippen LogP contribution in [-0.2, 0) is 9.47 Å². The summed E-state index contributed by atoms with van der Waals surface area (Å²) in [5.41, 5.74) is 6.97. The number of hydrogen-bond donors (Lipinski definition) is 4. The van der Waals surface area contributed by atoms with E-state index < -0.39 is 25.0 Å². The lowest BCUT2D eigenvalue weighted by molar-refractivity contribution is 0.0340. The van der Waals surface area contributed by atoms with Gasteiger partial charge in [0.1, 0.15) is 5.82 Å². The molecule has 0 aliphatic carbocycles. The number of benzene rings is 1. The standard InChI is InChI=1S/C21H26F2N6O3/c22-18(23)13-32-20(25)15-11-26-19(10-16(15)24)28-21(30)27-17(14-4-2-1-3-5-14)12-29-6-8-31-9-7-29/h1-5,10-11,17-18,25H,6-9,12-13H2,(H4,24,26,27,28,30). The Morgan fingerprint density at radius 2 is 2.00 bits per heavy atom. The fourth-order valence-electron chi connectivity index (χ4n) is 3.23. The maximum Gasteiger partial charge on any atom is 0.320 e. The van der Waals surface area contributed by atoms with Crippen molar-refractivity contribution in [2.75, 3.05) is 50.5 Å². The van der Waals surface area contributed by atoms with Crippen LogP contribution in [-0.4, -0.2) is 67.7 Å². The number of halogens is 2. The molecule has 1 saturated heterocycles. The summed E-state index contributed by atoms with van der Waals surface area (Å²) < 4.78 is 34.6. The zero-order valence-corrected chi connectivity index (χ0v) is 17.4. The number of alkyl halides is 2. The van der Waals surface area contributed by atoms with Gasteiger partial charge in [-0.3, -0.25) is 15.6 Å². The van der Waals surface area contributed by atoms with Crippen molar-refractivity contribution in [2.45, 2.75) is 12.5 Å². The number of morpholine rings is 1. The largest absolute Gasteiger partial charge is 0.471 e. The number of ether oxygens (including phenoxy) is 2. The summed E-state index contributed by atoms with van der Waals surface area (Å²) in [4.78, 5) is 18.9. The van der Waals surface area contributed by atoms with Crippen LogP contribution in [0.15, 0.2) is 42.6 Å². The predicted octanol–water partition coefficient (Wildman–Crippen LogP) is 2.47. The van der Waals surface area contributed by atoms with Crippen molar-refractivity contribution in [3.63, 3.8) is 0 Å². The van der Waals surface area contributed by atoms with Crippen LogP contribution in [0.4, 0.5) is 25.1 Å². The van der Waals surface area contributed by atoms with Crippen molar-refractivity contribution in [2.24, 2.45) is 0 Å². The number of anilines is 2. The van der Waals surface area contributed by atoms with Crippen LogP contribution in [0.25, 0.3) is 0 Å². The highest BCUT2D eigenvalue weighted by Crippen LogP contribution is 2.18. The second-order valence-corrected chi connectivity index (χ2v) is 7.16. The van der Waals surface area contributed by atoms with E-state index in [4.69, 9.17) is 15.9 Å². The monoisotopic (exact) mass is 448 g/mol. The van der Waals surface area contributed by atoms with E-state index in [1.165, 1.54) is 12.3 Å². The Bertz CT molecular complexity index is 910. The average molecular weight is 448 g/mol. The van der Waals surface area contributed by atoms with E-state index in [1.807, 2.05) is 30.3 Å². The molecule has 9 nitrogen and oxygen atoms in total. The molecule has 1 aromatic carbocycles. The first-order valence-corrected chi connectivity index (χ1v) is 10.1. The van der Waals surface area contributed by atoms with Gasteiger partial charge in [-0.2, -0.15) is 0 Å². The lowest BCUT2D eigenvalue weighted by atomic mass is 10.1. The predicted molar refractivity (Wildman–Crippen MR) is 116 cm³/mol. The summed E-state index contributed by atoms with van der Waals surface area (Å²) in [7, 11) is 0. The van der Waals surface area contributed by atoms with Crippen molar-refractivity contribution in [1.29, 1.82) is 5.41 Å². The van der Waals surface area contributed by atoms with Gasteiger partial charge in [-0.05, 0) is 5.56 Å². The Morgan fingerprint density at radius 1 is 1.28 bits per heavy atom. The van der Waals surface area contributed by atoms with Gasteiger partial charge in [-0.15, -0.1) is 0 Å². The summed E-state index contributed by atoms with van der Waals surface area (Å²) >= 11 is 0. The third kappa shape index (κ3) is 6.86. The first-order valence-electron chi connectivity index (χ1n) is 10.1. The molecule has 2 heterocycles. The molecule has 1 aliphatic heterocycles. The number of nitrogen functional groups attached to an aromatic ring is 1. The molecule has 1 fully saturated rings. The van der Waals surface area contributed by atoms with Crippen LogP contribution in [0, 0.1) is 5.41 Å². The number of amides is 2. The highest BCUT2D eigenvalue weighted by atomic mass is 19.3. The molecule has 0 radical (unpaired) electrons. The van der Waals surface area contributed by atoms with Gasteiger partial charge in [0.25, 0.3) is 6.43 Å². The highest BCUT2D eigenvalue weighted by molar-refractivity contribution is 5.97. The second-order valence-electron chi connectivity index (χ2n) is 7.16. The van der Waals surface area contributed by atoms with E-state index in [-0.39, 0.29) is 23.1 Å². The van der Waals surface area contributed by atoms with Gasteiger partial charge in [0, 0.05) is 37.6 Å². The lowest BCUT2D eigenvalue weighted by Gasteiger charge is -2.31. The Labute approximate surface area is 184 Å². The maximum atomic E-state index is 12.6. The quantitative estimate of drug-likeness (QED) is 0.363. The normalized spacial score (nSPS) is 15.2. The van der Waals surface area contributed by atoms with Crippen LogP contribution in [0.1, 0.15) is 17.2 Å². The summed E-state index contributed by atoms with van der Waals surface area (Å²) in [5.74, 6) is -0.357. The molecular weight excluding hydrogens is 422 g/mol. The molecule has 11 heteroatoms. The number of nitrogens with two attached hydrogens (primary N) is 1. The van der Waals surface area contributed by atoms with Gasteiger partial charge in [-0.25, -0.2) is 18.6 Å². The van der Waals surface area contributed by atoms with Crippen molar-refractivity contribution in [3.05, 3.63) is 53.7 Å². The Kier molecular flexibility index (Phi) is 8.28. The molecule has 1 aliphatic rings. The van der Waals surface area contributed by atoms with Crippen molar-refractivity contribution < 1.29 is 23.0 Å². The molecule has 2 aromatic rings. The minimum absolute atomic E-state index is 0.0612. The Morgan fingerprint density at radius 3 is 2.66 bits per heavy atom. The summed E-state index contributed by atoms with van der Waals surface area (Å²) in [5, 5.41) is 13.3. The number of carbonyl (C=O) groups excluding carboxylic acids is 1. The van der Waals surface area contributed by atoms with Gasteiger partial charge in [0.15, 0.2) is 6.61 Å². The van der Waals surface area contributed by atoms with Gasteiger partial charge >= 0.3 is 6.03 Å². The van der Waals surface area contributed by atoms with E-state index >= 15 is 0 Å². The summed E-state index contributed by atoms with van der Waals surface area (Å²) in [6.07, 6.45) is -1.51. The molecule has 3 rings (SSSR count). The minimum Gasteiger partial charge on any atom is -0.471 e. The third-order valence-electron chi connectivity index (χ3n) is 4.83. The van der Waals surface area contributed by atoms with Crippen LogP contribution >= 0.6 is 0 Å². The number of aromatic nitrogens is 1. The Balaban J connectivity index is 1.63. The van der Waals surface area contributed by atoms with Crippen LogP contribution in [0.2, 0.25) is 0 Å². The molecule has 1 unspecified atom stereocenters. The Hall–Kier alpha value is -3.31. The molecule has 2 amide bonds. The second kappa shape index (κ2) is 11.3. The minimum atomic E-state index is -2.70. The number of nitrogens with zero attached hydrogens (tertiary/aromatic N) is 2. The molecule has 32 heavy (non-hydrogen) atoms. The average Bonchev–Trinajstić information content (AvgIpc) is 2.78. The lowest BCUT2D eigenvalue weighted by Crippen LogP contribution is -2.44. The zero-order chi connectivity index (χ0) is 22.9. The van der Waals surface area contributed by atoms with Gasteiger partial charge in [0.2, 0.25) is 5.90 Å². The SMILES string of the molecule is N=C(OCC(F)F)c1cnc(NC(=O)NC(CN2CCOCC2)c2ccccc2)cc1N.